The number of hydrogen-bond donors (Lipinski definition) is 1. The van der Waals surface area contributed by atoms with E-state index in [-0.39, 0.29) is 0 Å². The summed E-state index contributed by atoms with van der Waals surface area (Å²) in [6, 6.07) is 0. The van der Waals surface area contributed by atoms with E-state index >= 15 is 0 Å². The molecule has 0 radical (unpaired) electrons. The summed E-state index contributed by atoms with van der Waals surface area (Å²) in [6.45, 7) is 11.9. The molecule has 0 bridgehead atoms. The van der Waals surface area contributed by atoms with Gasteiger partial charge in [-0.3, -0.25) is 0 Å². The first-order valence-electron chi connectivity index (χ1n) is 7.80. The molecule has 1 nitrogen and oxygen atoms in total. The molecule has 0 aromatic heterocycles. The first-order chi connectivity index (χ1) is 8.10. The molecule has 0 aliphatic heterocycles. The molecule has 1 saturated carbocycles. The quantitative estimate of drug-likeness (QED) is 0.639. The fraction of sp³-hybridized carbons (Fsp3) is 1.00. The largest absolute Gasteiger partial charge is 0.317 e. The Morgan fingerprint density at radius 2 is 1.65 bits per heavy atom. The minimum atomic E-state index is 0.541. The zero-order valence-electron chi connectivity index (χ0n) is 12.5. The average molecular weight is 239 g/mol. The van der Waals surface area contributed by atoms with E-state index in [1.807, 2.05) is 0 Å². The van der Waals surface area contributed by atoms with Crippen LogP contribution in [0.2, 0.25) is 0 Å². The Morgan fingerprint density at radius 3 is 2.18 bits per heavy atom. The van der Waals surface area contributed by atoms with Crippen molar-refractivity contribution in [2.75, 3.05) is 13.1 Å². The minimum Gasteiger partial charge on any atom is -0.317 e. The maximum absolute atomic E-state index is 3.55. The van der Waals surface area contributed by atoms with Gasteiger partial charge < -0.3 is 5.32 Å². The van der Waals surface area contributed by atoms with Gasteiger partial charge in [0.1, 0.15) is 0 Å². The van der Waals surface area contributed by atoms with E-state index in [4.69, 9.17) is 0 Å². The maximum atomic E-state index is 3.55. The summed E-state index contributed by atoms with van der Waals surface area (Å²) in [5.74, 6) is 1.99. The molecule has 0 heterocycles. The van der Waals surface area contributed by atoms with Crippen LogP contribution in [0.3, 0.4) is 0 Å². The highest BCUT2D eigenvalue weighted by Crippen LogP contribution is 2.42. The molecule has 17 heavy (non-hydrogen) atoms. The third-order valence-electron chi connectivity index (χ3n) is 4.90. The van der Waals surface area contributed by atoms with Crippen LogP contribution in [-0.4, -0.2) is 13.1 Å². The van der Waals surface area contributed by atoms with Crippen LogP contribution in [0.25, 0.3) is 0 Å². The first-order valence-corrected chi connectivity index (χ1v) is 7.80. The van der Waals surface area contributed by atoms with Crippen molar-refractivity contribution in [3.05, 3.63) is 0 Å². The molecular weight excluding hydrogens is 206 g/mol. The second-order valence-electron chi connectivity index (χ2n) is 6.61. The Morgan fingerprint density at radius 1 is 1.00 bits per heavy atom. The fourth-order valence-electron chi connectivity index (χ4n) is 3.27. The van der Waals surface area contributed by atoms with Gasteiger partial charge in [-0.05, 0) is 56.0 Å². The summed E-state index contributed by atoms with van der Waals surface area (Å²) in [4.78, 5) is 0. The highest BCUT2D eigenvalue weighted by Gasteiger charge is 2.32. The van der Waals surface area contributed by atoms with Gasteiger partial charge in [0.05, 0.1) is 0 Å². The van der Waals surface area contributed by atoms with Crippen molar-refractivity contribution in [2.24, 2.45) is 17.3 Å². The normalized spacial score (nSPS) is 26.1. The van der Waals surface area contributed by atoms with E-state index in [2.05, 4.69) is 33.0 Å². The molecule has 102 valence electrons. The molecule has 1 heteroatoms. The van der Waals surface area contributed by atoms with Gasteiger partial charge in [-0.25, -0.2) is 0 Å². The molecule has 1 aliphatic carbocycles. The molecule has 1 N–H and O–H groups in total. The number of rotatable bonds is 7. The molecule has 0 atom stereocenters. The molecule has 0 aromatic rings. The molecule has 0 aromatic carbocycles. The predicted octanol–water partition coefficient (Wildman–Crippen LogP) is 4.62. The van der Waals surface area contributed by atoms with Crippen molar-refractivity contribution >= 4 is 0 Å². The van der Waals surface area contributed by atoms with E-state index in [1.54, 1.807) is 0 Å². The highest BCUT2D eigenvalue weighted by molar-refractivity contribution is 4.83. The monoisotopic (exact) mass is 239 g/mol. The van der Waals surface area contributed by atoms with Gasteiger partial charge >= 0.3 is 0 Å². The molecular formula is C16H33N. The molecule has 0 amide bonds. The third kappa shape index (κ3) is 4.99. The molecule has 0 unspecified atom stereocenters. The van der Waals surface area contributed by atoms with Crippen molar-refractivity contribution in [1.29, 1.82) is 0 Å². The van der Waals surface area contributed by atoms with E-state index in [9.17, 15) is 0 Å². The minimum absolute atomic E-state index is 0.541. The van der Waals surface area contributed by atoms with Crippen LogP contribution < -0.4 is 5.32 Å². The third-order valence-corrected chi connectivity index (χ3v) is 4.90. The summed E-state index contributed by atoms with van der Waals surface area (Å²) in [5.41, 5.74) is 0.541. The van der Waals surface area contributed by atoms with Gasteiger partial charge in [0, 0.05) is 0 Å². The van der Waals surface area contributed by atoms with Crippen LogP contribution in [0.15, 0.2) is 0 Å². The van der Waals surface area contributed by atoms with Gasteiger partial charge in [0.2, 0.25) is 0 Å². The zero-order valence-corrected chi connectivity index (χ0v) is 12.5. The molecule has 0 saturated heterocycles. The second-order valence-corrected chi connectivity index (χ2v) is 6.61. The fourth-order valence-corrected chi connectivity index (χ4v) is 3.27. The molecule has 1 rings (SSSR count). The van der Waals surface area contributed by atoms with Gasteiger partial charge in [0.15, 0.2) is 0 Å². The lowest BCUT2D eigenvalue weighted by Gasteiger charge is -2.39. The van der Waals surface area contributed by atoms with Crippen molar-refractivity contribution in [2.45, 2.75) is 72.6 Å². The highest BCUT2D eigenvalue weighted by atomic mass is 14.8. The number of hydrogen-bond acceptors (Lipinski definition) is 1. The van der Waals surface area contributed by atoms with Crippen molar-refractivity contribution in [1.82, 2.24) is 5.32 Å². The standard InChI is InChI=1S/C16H33N/c1-5-12-17-13-11-16(3,4)15-9-7-14(6-2)8-10-15/h14-15,17H,5-13H2,1-4H3. The lowest BCUT2D eigenvalue weighted by molar-refractivity contribution is 0.122. The van der Waals surface area contributed by atoms with E-state index in [1.165, 1.54) is 58.0 Å². The summed E-state index contributed by atoms with van der Waals surface area (Å²) in [6.07, 6.45) is 9.89. The SMILES string of the molecule is CCCNCCC(C)(C)C1CCC(CC)CC1. The maximum Gasteiger partial charge on any atom is -0.00437 e. The van der Waals surface area contributed by atoms with Crippen molar-refractivity contribution in [3.63, 3.8) is 0 Å². The summed E-state index contributed by atoms with van der Waals surface area (Å²) >= 11 is 0. The predicted molar refractivity (Wildman–Crippen MR) is 77.3 cm³/mol. The lowest BCUT2D eigenvalue weighted by atomic mass is 9.67. The van der Waals surface area contributed by atoms with E-state index in [0.29, 0.717) is 5.41 Å². The Hall–Kier alpha value is -0.0400. The summed E-state index contributed by atoms with van der Waals surface area (Å²) in [5, 5.41) is 3.55. The Kier molecular flexibility index (Phi) is 6.54. The van der Waals surface area contributed by atoms with Crippen LogP contribution in [0, 0.1) is 17.3 Å². The molecule has 1 aliphatic rings. The van der Waals surface area contributed by atoms with Gasteiger partial charge in [-0.15, -0.1) is 0 Å². The number of nitrogens with one attached hydrogen (secondary N) is 1. The lowest BCUT2D eigenvalue weighted by Crippen LogP contribution is -2.32. The van der Waals surface area contributed by atoms with Gasteiger partial charge in [0.25, 0.3) is 0 Å². The van der Waals surface area contributed by atoms with E-state index in [0.717, 1.165) is 11.8 Å². The Balaban J connectivity index is 2.27. The summed E-state index contributed by atoms with van der Waals surface area (Å²) in [7, 11) is 0. The summed E-state index contributed by atoms with van der Waals surface area (Å²) < 4.78 is 0. The van der Waals surface area contributed by atoms with Crippen LogP contribution in [0.4, 0.5) is 0 Å². The average Bonchev–Trinajstić information content (AvgIpc) is 2.35. The Labute approximate surface area is 109 Å². The van der Waals surface area contributed by atoms with Crippen LogP contribution in [0.5, 0.6) is 0 Å². The van der Waals surface area contributed by atoms with Crippen LogP contribution in [0.1, 0.15) is 72.6 Å². The van der Waals surface area contributed by atoms with Crippen molar-refractivity contribution < 1.29 is 0 Å². The van der Waals surface area contributed by atoms with Crippen molar-refractivity contribution in [3.8, 4) is 0 Å². The van der Waals surface area contributed by atoms with Crippen LogP contribution >= 0.6 is 0 Å². The topological polar surface area (TPSA) is 12.0 Å². The first kappa shape index (κ1) is 15.0. The smallest absolute Gasteiger partial charge is 0.00437 e. The zero-order chi connectivity index (χ0) is 12.7. The van der Waals surface area contributed by atoms with E-state index < -0.39 is 0 Å². The Bertz CT molecular complexity index is 190. The van der Waals surface area contributed by atoms with Gasteiger partial charge in [-0.1, -0.05) is 47.0 Å². The van der Waals surface area contributed by atoms with Crippen LogP contribution in [-0.2, 0) is 0 Å². The van der Waals surface area contributed by atoms with Gasteiger partial charge in [-0.2, -0.15) is 0 Å². The molecule has 0 spiro atoms. The second kappa shape index (κ2) is 7.41. The molecule has 1 fully saturated rings.